The highest BCUT2D eigenvalue weighted by Crippen LogP contribution is 2.49. The van der Waals surface area contributed by atoms with Crippen molar-refractivity contribution < 1.29 is 0 Å². The molecule has 0 aromatic rings. The van der Waals surface area contributed by atoms with Gasteiger partial charge in [-0.2, -0.15) is 0 Å². The van der Waals surface area contributed by atoms with E-state index in [1.165, 1.54) is 45.1 Å². The normalized spacial score (nSPS) is 32.5. The van der Waals surface area contributed by atoms with E-state index in [4.69, 9.17) is 0 Å². The van der Waals surface area contributed by atoms with Gasteiger partial charge in [0.2, 0.25) is 0 Å². The van der Waals surface area contributed by atoms with Gasteiger partial charge < -0.3 is 5.32 Å². The molecule has 1 aliphatic carbocycles. The van der Waals surface area contributed by atoms with E-state index in [0.717, 1.165) is 0 Å². The molecule has 1 heteroatoms. The van der Waals surface area contributed by atoms with Gasteiger partial charge >= 0.3 is 0 Å². The zero-order valence-electron chi connectivity index (χ0n) is 8.45. The molecule has 0 aromatic heterocycles. The van der Waals surface area contributed by atoms with Crippen molar-refractivity contribution in [1.29, 1.82) is 0 Å². The van der Waals surface area contributed by atoms with Crippen molar-refractivity contribution in [2.75, 3.05) is 6.54 Å². The summed E-state index contributed by atoms with van der Waals surface area (Å²) in [6.07, 6.45) is 8.74. The molecule has 1 spiro atoms. The Morgan fingerprint density at radius 3 is 2.08 bits per heavy atom. The van der Waals surface area contributed by atoms with Crippen LogP contribution >= 0.6 is 0 Å². The topological polar surface area (TPSA) is 12.0 Å². The van der Waals surface area contributed by atoms with Crippen LogP contribution in [0, 0.1) is 5.41 Å². The number of nitrogens with one attached hydrogen (secondary N) is 1. The molecule has 0 atom stereocenters. The monoisotopic (exact) mass is 167 g/mol. The summed E-state index contributed by atoms with van der Waals surface area (Å²) >= 11 is 0. The Morgan fingerprint density at radius 2 is 1.58 bits per heavy atom. The van der Waals surface area contributed by atoms with Gasteiger partial charge in [0, 0.05) is 5.54 Å². The molecule has 2 rings (SSSR count). The van der Waals surface area contributed by atoms with Crippen LogP contribution in [0.25, 0.3) is 0 Å². The Hall–Kier alpha value is -0.0400. The van der Waals surface area contributed by atoms with E-state index in [1.54, 1.807) is 0 Å². The minimum absolute atomic E-state index is 0.410. The maximum absolute atomic E-state index is 3.66. The van der Waals surface area contributed by atoms with Gasteiger partial charge in [0.05, 0.1) is 0 Å². The summed E-state index contributed by atoms with van der Waals surface area (Å²) in [5.74, 6) is 0. The summed E-state index contributed by atoms with van der Waals surface area (Å²) < 4.78 is 0. The largest absolute Gasteiger partial charge is 0.311 e. The van der Waals surface area contributed by atoms with Crippen LogP contribution in [0.4, 0.5) is 0 Å². The van der Waals surface area contributed by atoms with Gasteiger partial charge in [-0.15, -0.1) is 0 Å². The summed E-state index contributed by atoms with van der Waals surface area (Å²) in [5, 5.41) is 3.66. The zero-order chi connectivity index (χ0) is 8.66. The lowest BCUT2D eigenvalue weighted by Crippen LogP contribution is -2.47. The van der Waals surface area contributed by atoms with E-state index < -0.39 is 0 Å². The fourth-order valence-electron chi connectivity index (χ4n) is 3.22. The highest BCUT2D eigenvalue weighted by Gasteiger charge is 2.48. The van der Waals surface area contributed by atoms with Gasteiger partial charge in [-0.3, -0.25) is 0 Å². The fraction of sp³-hybridized carbons (Fsp3) is 1.00. The predicted molar refractivity (Wildman–Crippen MR) is 52.2 cm³/mol. The third kappa shape index (κ3) is 1.10. The predicted octanol–water partition coefficient (Wildman–Crippen LogP) is 2.71. The Bertz CT molecular complexity index is 166. The average molecular weight is 167 g/mol. The first-order chi connectivity index (χ1) is 5.66. The smallest absolute Gasteiger partial charge is 0.0181 e. The maximum Gasteiger partial charge on any atom is 0.0181 e. The number of hydrogen-bond acceptors (Lipinski definition) is 1. The molecular weight excluding hydrogens is 146 g/mol. The van der Waals surface area contributed by atoms with E-state index in [9.17, 15) is 0 Å². The van der Waals surface area contributed by atoms with E-state index in [1.807, 2.05) is 0 Å². The molecule has 1 saturated heterocycles. The molecule has 2 aliphatic rings. The molecule has 0 unspecified atom stereocenters. The van der Waals surface area contributed by atoms with Gasteiger partial charge in [-0.25, -0.2) is 0 Å². The molecule has 0 bridgehead atoms. The third-order valence-electron chi connectivity index (χ3n) is 4.31. The van der Waals surface area contributed by atoms with Crippen molar-refractivity contribution in [2.45, 2.75) is 57.9 Å². The van der Waals surface area contributed by atoms with E-state index in [2.05, 4.69) is 19.2 Å². The third-order valence-corrected chi connectivity index (χ3v) is 4.31. The molecule has 1 aliphatic heterocycles. The van der Waals surface area contributed by atoms with Crippen LogP contribution in [0.15, 0.2) is 0 Å². The SMILES string of the molecule is CC1(C)NCCC12CCCCC2. The standard InChI is InChI=1S/C11H21N/c1-10(2)11(8-9-12-10)6-4-3-5-7-11/h12H,3-9H2,1-2H3. The summed E-state index contributed by atoms with van der Waals surface area (Å²) in [5.41, 5.74) is 1.07. The lowest BCUT2D eigenvalue weighted by molar-refractivity contribution is 0.109. The second-order valence-corrected chi connectivity index (χ2v) is 5.14. The summed E-state index contributed by atoms with van der Waals surface area (Å²) in [7, 11) is 0. The van der Waals surface area contributed by atoms with Gasteiger partial charge in [0.25, 0.3) is 0 Å². The van der Waals surface area contributed by atoms with Gasteiger partial charge in [-0.1, -0.05) is 19.3 Å². The first-order valence-corrected chi connectivity index (χ1v) is 5.41. The van der Waals surface area contributed by atoms with Crippen molar-refractivity contribution in [3.05, 3.63) is 0 Å². The average Bonchev–Trinajstić information content (AvgIpc) is 2.30. The Labute approximate surface area is 75.9 Å². The number of rotatable bonds is 0. The molecule has 1 saturated carbocycles. The summed E-state index contributed by atoms with van der Waals surface area (Å²) in [6, 6.07) is 0. The van der Waals surface area contributed by atoms with Crippen molar-refractivity contribution in [3.8, 4) is 0 Å². The van der Waals surface area contributed by atoms with Crippen molar-refractivity contribution in [2.24, 2.45) is 5.41 Å². The van der Waals surface area contributed by atoms with Crippen LogP contribution in [0.5, 0.6) is 0 Å². The van der Waals surface area contributed by atoms with Crippen LogP contribution in [0.2, 0.25) is 0 Å². The van der Waals surface area contributed by atoms with E-state index in [0.29, 0.717) is 11.0 Å². The second-order valence-electron chi connectivity index (χ2n) is 5.14. The Morgan fingerprint density at radius 1 is 0.917 bits per heavy atom. The highest BCUT2D eigenvalue weighted by atomic mass is 15.0. The van der Waals surface area contributed by atoms with Gasteiger partial charge in [0.1, 0.15) is 0 Å². The number of hydrogen-bond donors (Lipinski definition) is 1. The first-order valence-electron chi connectivity index (χ1n) is 5.41. The molecule has 70 valence electrons. The minimum Gasteiger partial charge on any atom is -0.311 e. The van der Waals surface area contributed by atoms with Gasteiger partial charge in [0.15, 0.2) is 0 Å². The molecule has 0 amide bonds. The minimum atomic E-state index is 0.410. The Kier molecular flexibility index (Phi) is 1.95. The quantitative estimate of drug-likeness (QED) is 0.585. The van der Waals surface area contributed by atoms with E-state index in [-0.39, 0.29) is 0 Å². The van der Waals surface area contributed by atoms with Crippen LogP contribution < -0.4 is 5.32 Å². The van der Waals surface area contributed by atoms with Crippen LogP contribution in [0.3, 0.4) is 0 Å². The van der Waals surface area contributed by atoms with Gasteiger partial charge in [-0.05, 0) is 45.1 Å². The maximum atomic E-state index is 3.66. The van der Waals surface area contributed by atoms with E-state index >= 15 is 0 Å². The summed E-state index contributed by atoms with van der Waals surface area (Å²) in [4.78, 5) is 0. The zero-order valence-corrected chi connectivity index (χ0v) is 8.45. The van der Waals surface area contributed by atoms with Crippen molar-refractivity contribution in [3.63, 3.8) is 0 Å². The molecule has 1 nitrogen and oxygen atoms in total. The van der Waals surface area contributed by atoms with Crippen molar-refractivity contribution in [1.82, 2.24) is 5.32 Å². The molecule has 1 N–H and O–H groups in total. The molecular formula is C11H21N. The lowest BCUT2D eigenvalue weighted by Gasteiger charge is -2.44. The van der Waals surface area contributed by atoms with Crippen LogP contribution in [-0.4, -0.2) is 12.1 Å². The van der Waals surface area contributed by atoms with Crippen LogP contribution in [-0.2, 0) is 0 Å². The second kappa shape index (κ2) is 2.73. The fourth-order valence-corrected chi connectivity index (χ4v) is 3.22. The lowest BCUT2D eigenvalue weighted by atomic mass is 9.63. The molecule has 1 heterocycles. The molecule has 12 heavy (non-hydrogen) atoms. The van der Waals surface area contributed by atoms with Crippen LogP contribution in [0.1, 0.15) is 52.4 Å². The molecule has 0 radical (unpaired) electrons. The molecule has 0 aromatic carbocycles. The highest BCUT2D eigenvalue weighted by molar-refractivity contribution is 5.04. The Balaban J connectivity index is 2.17. The molecule has 2 fully saturated rings. The first kappa shape index (κ1) is 8.55. The van der Waals surface area contributed by atoms with Crippen molar-refractivity contribution >= 4 is 0 Å². The summed E-state index contributed by atoms with van der Waals surface area (Å²) in [6.45, 7) is 6.03.